The van der Waals surface area contributed by atoms with Crippen molar-refractivity contribution in [1.82, 2.24) is 4.98 Å². The Labute approximate surface area is 126 Å². The summed E-state index contributed by atoms with van der Waals surface area (Å²) in [4.78, 5) is 14.6. The summed E-state index contributed by atoms with van der Waals surface area (Å²) in [7, 11) is 0. The summed E-state index contributed by atoms with van der Waals surface area (Å²) in [6.07, 6.45) is 3.94. The first-order valence-corrected chi connectivity index (χ1v) is 6.57. The van der Waals surface area contributed by atoms with Crippen molar-refractivity contribution in [1.29, 1.82) is 0 Å². The number of carbonyl (C=O) groups is 1. The summed E-state index contributed by atoms with van der Waals surface area (Å²) >= 11 is 6.24. The second-order valence-electron chi connectivity index (χ2n) is 4.25. The molecule has 3 rings (SSSR count). The molecule has 0 N–H and O–H groups in total. The van der Waals surface area contributed by atoms with Crippen molar-refractivity contribution in [2.45, 2.75) is 0 Å². The number of pyridine rings is 1. The Morgan fingerprint density at radius 3 is 2.71 bits per heavy atom. The van der Waals surface area contributed by atoms with Crippen LogP contribution < -0.4 is 4.74 Å². The second-order valence-corrected chi connectivity index (χ2v) is 4.66. The molecule has 4 nitrogen and oxygen atoms in total. The zero-order valence-electron chi connectivity index (χ0n) is 10.8. The van der Waals surface area contributed by atoms with E-state index in [1.54, 1.807) is 54.9 Å². The highest BCUT2D eigenvalue weighted by atomic mass is 35.5. The summed E-state index contributed by atoms with van der Waals surface area (Å²) in [5, 5.41) is 0.475. The van der Waals surface area contributed by atoms with E-state index in [1.807, 2.05) is 0 Å². The number of carbonyl (C=O) groups excluding carboxylic acids is 1. The van der Waals surface area contributed by atoms with E-state index in [0.29, 0.717) is 34.1 Å². The van der Waals surface area contributed by atoms with Crippen LogP contribution in [0.3, 0.4) is 0 Å². The smallest absolute Gasteiger partial charge is 0.185 e. The van der Waals surface area contributed by atoms with Crippen LogP contribution in [0.25, 0.3) is 11.3 Å². The van der Waals surface area contributed by atoms with Gasteiger partial charge in [0.1, 0.15) is 17.3 Å². The van der Waals surface area contributed by atoms with Gasteiger partial charge in [-0.3, -0.25) is 9.78 Å². The second kappa shape index (κ2) is 5.81. The number of nitrogens with zero attached hydrogens (tertiary/aromatic N) is 1. The Hall–Kier alpha value is -2.59. The molecule has 0 fully saturated rings. The minimum atomic E-state index is 0.261. The molecule has 0 atom stereocenters. The molecule has 2 heterocycles. The first-order valence-electron chi connectivity index (χ1n) is 6.19. The van der Waals surface area contributed by atoms with Gasteiger partial charge in [-0.15, -0.1) is 0 Å². The van der Waals surface area contributed by atoms with Gasteiger partial charge in [-0.1, -0.05) is 11.6 Å². The van der Waals surface area contributed by atoms with Crippen molar-refractivity contribution in [3.63, 3.8) is 0 Å². The Balaban J connectivity index is 1.87. The molecule has 0 aliphatic carbocycles. The molecule has 0 unspecified atom stereocenters. The molecule has 3 aromatic rings. The third-order valence-electron chi connectivity index (χ3n) is 2.82. The molecule has 0 aliphatic rings. The third-order valence-corrected chi connectivity index (χ3v) is 3.13. The fraction of sp³-hybridized carbons (Fsp3) is 0. The van der Waals surface area contributed by atoms with Gasteiger partial charge in [0.05, 0.1) is 11.2 Å². The monoisotopic (exact) mass is 299 g/mol. The van der Waals surface area contributed by atoms with E-state index in [0.717, 1.165) is 0 Å². The predicted molar refractivity (Wildman–Crippen MR) is 78.9 cm³/mol. The van der Waals surface area contributed by atoms with Crippen LogP contribution in [0.2, 0.25) is 5.02 Å². The maximum atomic E-state index is 10.6. The van der Waals surface area contributed by atoms with Gasteiger partial charge in [-0.05, 0) is 36.4 Å². The highest BCUT2D eigenvalue weighted by molar-refractivity contribution is 6.33. The maximum Gasteiger partial charge on any atom is 0.185 e. The molecule has 0 spiro atoms. The van der Waals surface area contributed by atoms with E-state index in [-0.39, 0.29) is 5.76 Å². The molecule has 0 saturated carbocycles. The maximum absolute atomic E-state index is 10.6. The van der Waals surface area contributed by atoms with Crippen molar-refractivity contribution in [2.75, 3.05) is 0 Å². The summed E-state index contributed by atoms with van der Waals surface area (Å²) < 4.78 is 11.0. The summed E-state index contributed by atoms with van der Waals surface area (Å²) in [5.74, 6) is 2.02. The van der Waals surface area contributed by atoms with Crippen LogP contribution in [0.1, 0.15) is 10.6 Å². The third kappa shape index (κ3) is 2.95. The number of rotatable bonds is 4. The van der Waals surface area contributed by atoms with E-state index in [4.69, 9.17) is 20.8 Å². The lowest BCUT2D eigenvalue weighted by Crippen LogP contribution is -1.86. The van der Waals surface area contributed by atoms with Crippen LogP contribution in [-0.4, -0.2) is 11.3 Å². The Bertz CT molecular complexity index is 768. The lowest BCUT2D eigenvalue weighted by molar-refractivity contribution is 0.110. The molecular formula is C16H10ClNO3. The minimum absolute atomic E-state index is 0.261. The molecule has 0 aliphatic heterocycles. The van der Waals surface area contributed by atoms with Gasteiger partial charge >= 0.3 is 0 Å². The normalized spacial score (nSPS) is 10.3. The average Bonchev–Trinajstić information content (AvgIpc) is 2.97. The van der Waals surface area contributed by atoms with E-state index >= 15 is 0 Å². The van der Waals surface area contributed by atoms with Gasteiger partial charge in [0.2, 0.25) is 0 Å². The molecular weight excluding hydrogens is 290 g/mol. The average molecular weight is 300 g/mol. The largest absolute Gasteiger partial charge is 0.456 e. The van der Waals surface area contributed by atoms with Crippen LogP contribution in [0, 0.1) is 0 Å². The molecule has 0 bridgehead atoms. The van der Waals surface area contributed by atoms with E-state index < -0.39 is 0 Å². The molecule has 0 radical (unpaired) electrons. The van der Waals surface area contributed by atoms with Crippen LogP contribution in [-0.2, 0) is 0 Å². The van der Waals surface area contributed by atoms with Crippen molar-refractivity contribution < 1.29 is 13.9 Å². The first kappa shape index (κ1) is 13.4. The number of halogens is 1. The number of ether oxygens (including phenoxy) is 1. The number of hydrogen-bond donors (Lipinski definition) is 0. The highest BCUT2D eigenvalue weighted by Gasteiger charge is 2.10. The minimum Gasteiger partial charge on any atom is -0.456 e. The van der Waals surface area contributed by atoms with Crippen molar-refractivity contribution in [3.8, 4) is 22.8 Å². The van der Waals surface area contributed by atoms with Crippen molar-refractivity contribution >= 4 is 17.9 Å². The first-order chi connectivity index (χ1) is 10.3. The van der Waals surface area contributed by atoms with Gasteiger partial charge < -0.3 is 9.15 Å². The number of aldehydes is 1. The Morgan fingerprint density at radius 2 is 2.05 bits per heavy atom. The molecule has 5 heteroatoms. The van der Waals surface area contributed by atoms with Crippen LogP contribution >= 0.6 is 11.6 Å². The number of aromatic nitrogens is 1. The molecule has 1 aromatic carbocycles. The predicted octanol–water partition coefficient (Wildman–Crippen LogP) is 4.60. The van der Waals surface area contributed by atoms with E-state index in [2.05, 4.69) is 4.98 Å². The zero-order chi connectivity index (χ0) is 14.7. The summed E-state index contributed by atoms with van der Waals surface area (Å²) in [6, 6.07) is 12.1. The van der Waals surface area contributed by atoms with Gasteiger partial charge in [0.15, 0.2) is 12.0 Å². The topological polar surface area (TPSA) is 52.3 Å². The van der Waals surface area contributed by atoms with Crippen LogP contribution in [0.4, 0.5) is 0 Å². The Morgan fingerprint density at radius 1 is 1.14 bits per heavy atom. The quantitative estimate of drug-likeness (QED) is 0.661. The highest BCUT2D eigenvalue weighted by Crippen LogP contribution is 2.33. The molecule has 0 saturated heterocycles. The number of benzene rings is 1. The van der Waals surface area contributed by atoms with Gasteiger partial charge in [0.25, 0.3) is 0 Å². The van der Waals surface area contributed by atoms with E-state index in [9.17, 15) is 4.79 Å². The van der Waals surface area contributed by atoms with E-state index in [1.165, 1.54) is 0 Å². The summed E-state index contributed by atoms with van der Waals surface area (Å²) in [6.45, 7) is 0. The van der Waals surface area contributed by atoms with Crippen molar-refractivity contribution in [2.24, 2.45) is 0 Å². The van der Waals surface area contributed by atoms with Gasteiger partial charge in [-0.25, -0.2) is 0 Å². The lowest BCUT2D eigenvalue weighted by atomic mass is 10.1. The molecule has 0 amide bonds. The Kier molecular flexibility index (Phi) is 3.71. The zero-order valence-corrected chi connectivity index (χ0v) is 11.6. The fourth-order valence-electron chi connectivity index (χ4n) is 1.86. The van der Waals surface area contributed by atoms with Crippen LogP contribution in [0.15, 0.2) is 59.3 Å². The summed E-state index contributed by atoms with van der Waals surface area (Å²) in [5.41, 5.74) is 0.698. The number of furan rings is 1. The SMILES string of the molecule is O=Cc1ccc(-c2ccc(Oc3cccnc3)cc2Cl)o1. The molecule has 104 valence electrons. The fourth-order valence-corrected chi connectivity index (χ4v) is 2.13. The van der Waals surface area contributed by atoms with Gasteiger partial charge in [-0.2, -0.15) is 0 Å². The van der Waals surface area contributed by atoms with Gasteiger partial charge in [0, 0.05) is 17.8 Å². The standard InChI is InChI=1S/C16H10ClNO3/c17-15-8-11(20-12-2-1-7-18-9-12)3-5-14(15)16-6-4-13(10-19)21-16/h1-10H. The van der Waals surface area contributed by atoms with Crippen molar-refractivity contribution in [3.05, 3.63) is 65.6 Å². The molecule has 21 heavy (non-hydrogen) atoms. The molecule has 2 aromatic heterocycles. The number of hydrogen-bond acceptors (Lipinski definition) is 4. The lowest BCUT2D eigenvalue weighted by Gasteiger charge is -2.07. The van der Waals surface area contributed by atoms with Crippen LogP contribution in [0.5, 0.6) is 11.5 Å².